The van der Waals surface area contributed by atoms with Gasteiger partial charge in [-0.05, 0) is 0 Å². The summed E-state index contributed by atoms with van der Waals surface area (Å²) in [7, 11) is 2.19. The van der Waals surface area contributed by atoms with E-state index in [0.29, 0.717) is 6.42 Å². The Morgan fingerprint density at radius 3 is 2.64 bits per heavy atom. The molecule has 11 heavy (non-hydrogen) atoms. The molecule has 0 aromatic carbocycles. The highest BCUT2D eigenvalue weighted by atomic mass is 16.5. The van der Waals surface area contributed by atoms with Crippen molar-refractivity contribution in [1.29, 1.82) is 5.26 Å². The number of morpholine rings is 1. The van der Waals surface area contributed by atoms with Gasteiger partial charge in [0.1, 0.15) is 13.1 Å². The van der Waals surface area contributed by atoms with Gasteiger partial charge in [-0.1, -0.05) is 0 Å². The van der Waals surface area contributed by atoms with E-state index in [1.54, 1.807) is 0 Å². The van der Waals surface area contributed by atoms with E-state index in [0.717, 1.165) is 37.3 Å². The molecule has 0 atom stereocenters. The number of hydrogen-bond donors (Lipinski definition) is 0. The van der Waals surface area contributed by atoms with E-state index in [1.807, 2.05) is 0 Å². The summed E-state index contributed by atoms with van der Waals surface area (Å²) < 4.78 is 6.25. The Hall–Kier alpha value is -0.590. The molecule has 0 N–H and O–H groups in total. The molecule has 1 aliphatic rings. The van der Waals surface area contributed by atoms with Gasteiger partial charge < -0.3 is 9.22 Å². The average Bonchev–Trinajstić information content (AvgIpc) is 2.03. The largest absolute Gasteiger partial charge is 0.370 e. The molecule has 3 heteroatoms. The second-order valence-electron chi connectivity index (χ2n) is 3.31. The molecule has 0 radical (unpaired) electrons. The van der Waals surface area contributed by atoms with E-state index in [4.69, 9.17) is 10.00 Å². The lowest BCUT2D eigenvalue weighted by Gasteiger charge is -2.36. The lowest BCUT2D eigenvalue weighted by molar-refractivity contribution is -0.916. The van der Waals surface area contributed by atoms with Crippen molar-refractivity contribution in [2.75, 3.05) is 39.9 Å². The van der Waals surface area contributed by atoms with Crippen LogP contribution in [0.25, 0.3) is 0 Å². The quantitative estimate of drug-likeness (QED) is 0.540. The third kappa shape index (κ3) is 2.49. The summed E-state index contributed by atoms with van der Waals surface area (Å²) in [5.74, 6) is 0. The zero-order chi connectivity index (χ0) is 8.16. The maximum atomic E-state index is 8.42. The molecule has 0 saturated carbocycles. The van der Waals surface area contributed by atoms with Gasteiger partial charge in [-0.25, -0.2) is 0 Å². The van der Waals surface area contributed by atoms with Crippen molar-refractivity contribution in [3.63, 3.8) is 0 Å². The molecular weight excluding hydrogens is 140 g/mol. The van der Waals surface area contributed by atoms with Crippen LogP contribution in [0, 0.1) is 11.3 Å². The Bertz CT molecular complexity index is 156. The standard InChI is InChI=1S/C8H15N2O/c1-10(4-2-3-9)5-7-11-8-6-10/h2,4-8H2,1H3/q+1. The van der Waals surface area contributed by atoms with Crippen LogP contribution in [0.3, 0.4) is 0 Å². The monoisotopic (exact) mass is 155 g/mol. The first-order valence-electron chi connectivity index (χ1n) is 4.05. The second-order valence-corrected chi connectivity index (χ2v) is 3.31. The lowest BCUT2D eigenvalue weighted by Crippen LogP contribution is -2.52. The fraction of sp³-hybridized carbons (Fsp3) is 0.875. The van der Waals surface area contributed by atoms with Crippen LogP contribution in [-0.4, -0.2) is 44.4 Å². The molecule has 3 nitrogen and oxygen atoms in total. The van der Waals surface area contributed by atoms with Gasteiger partial charge in [0.2, 0.25) is 0 Å². The minimum atomic E-state index is 0.663. The fourth-order valence-corrected chi connectivity index (χ4v) is 1.33. The van der Waals surface area contributed by atoms with Gasteiger partial charge in [0.05, 0.1) is 39.3 Å². The number of nitriles is 1. The number of rotatable bonds is 2. The normalized spacial score (nSPS) is 22.5. The summed E-state index contributed by atoms with van der Waals surface area (Å²) in [6.07, 6.45) is 0.663. The summed E-state index contributed by atoms with van der Waals surface area (Å²) in [4.78, 5) is 0. The third-order valence-electron chi connectivity index (χ3n) is 2.31. The Morgan fingerprint density at radius 1 is 1.45 bits per heavy atom. The van der Waals surface area contributed by atoms with Gasteiger partial charge in [0, 0.05) is 0 Å². The van der Waals surface area contributed by atoms with Crippen LogP contribution in [0.1, 0.15) is 6.42 Å². The molecule has 1 rings (SSSR count). The zero-order valence-corrected chi connectivity index (χ0v) is 7.05. The predicted octanol–water partition coefficient (Wildman–Crippen LogP) is 0.377. The topological polar surface area (TPSA) is 33.0 Å². The molecule has 1 aliphatic heterocycles. The highest BCUT2D eigenvalue weighted by Crippen LogP contribution is 2.07. The molecule has 0 aromatic heterocycles. The zero-order valence-electron chi connectivity index (χ0n) is 7.05. The van der Waals surface area contributed by atoms with Crippen LogP contribution < -0.4 is 0 Å². The fourth-order valence-electron chi connectivity index (χ4n) is 1.33. The van der Waals surface area contributed by atoms with Crippen molar-refractivity contribution in [3.05, 3.63) is 0 Å². The van der Waals surface area contributed by atoms with E-state index in [9.17, 15) is 0 Å². The van der Waals surface area contributed by atoms with Gasteiger partial charge >= 0.3 is 0 Å². The maximum Gasteiger partial charge on any atom is 0.102 e. The number of likely N-dealkylation sites (N-methyl/N-ethyl adjacent to an activating group) is 1. The smallest absolute Gasteiger partial charge is 0.102 e. The molecule has 1 fully saturated rings. The van der Waals surface area contributed by atoms with Gasteiger partial charge in [-0.2, -0.15) is 5.26 Å². The number of quaternary nitrogens is 1. The van der Waals surface area contributed by atoms with Crippen molar-refractivity contribution in [2.24, 2.45) is 0 Å². The lowest BCUT2D eigenvalue weighted by atomic mass is 10.3. The van der Waals surface area contributed by atoms with E-state index < -0.39 is 0 Å². The van der Waals surface area contributed by atoms with Crippen LogP contribution in [0.2, 0.25) is 0 Å². The van der Waals surface area contributed by atoms with Gasteiger partial charge in [0.25, 0.3) is 0 Å². The number of hydrogen-bond acceptors (Lipinski definition) is 2. The van der Waals surface area contributed by atoms with Crippen LogP contribution in [0.15, 0.2) is 0 Å². The molecule has 1 saturated heterocycles. The third-order valence-corrected chi connectivity index (χ3v) is 2.31. The van der Waals surface area contributed by atoms with Crippen molar-refractivity contribution in [1.82, 2.24) is 0 Å². The second kappa shape index (κ2) is 3.70. The van der Waals surface area contributed by atoms with Crippen LogP contribution in [0.5, 0.6) is 0 Å². The molecule has 0 spiro atoms. The minimum Gasteiger partial charge on any atom is -0.370 e. The molecule has 0 amide bonds. The number of nitrogens with zero attached hydrogens (tertiary/aromatic N) is 2. The first-order chi connectivity index (χ1) is 5.27. The van der Waals surface area contributed by atoms with E-state index in [-0.39, 0.29) is 0 Å². The summed E-state index contributed by atoms with van der Waals surface area (Å²) >= 11 is 0. The van der Waals surface area contributed by atoms with Crippen molar-refractivity contribution >= 4 is 0 Å². The highest BCUT2D eigenvalue weighted by Gasteiger charge is 2.23. The van der Waals surface area contributed by atoms with Crippen molar-refractivity contribution in [3.8, 4) is 6.07 Å². The van der Waals surface area contributed by atoms with Gasteiger partial charge in [0.15, 0.2) is 0 Å². The summed E-state index contributed by atoms with van der Waals surface area (Å²) in [5, 5.41) is 8.42. The summed E-state index contributed by atoms with van der Waals surface area (Å²) in [6.45, 7) is 4.78. The highest BCUT2D eigenvalue weighted by molar-refractivity contribution is 4.68. The number of ether oxygens (including phenoxy) is 1. The van der Waals surface area contributed by atoms with Crippen molar-refractivity contribution in [2.45, 2.75) is 6.42 Å². The Balaban J connectivity index is 2.32. The minimum absolute atomic E-state index is 0.663. The molecule has 0 unspecified atom stereocenters. The maximum absolute atomic E-state index is 8.42. The Morgan fingerprint density at radius 2 is 2.09 bits per heavy atom. The summed E-state index contributed by atoms with van der Waals surface area (Å²) in [5.41, 5.74) is 0. The first-order valence-corrected chi connectivity index (χ1v) is 4.05. The van der Waals surface area contributed by atoms with Crippen LogP contribution in [0.4, 0.5) is 0 Å². The SMILES string of the molecule is C[N+]1(CCC#N)CCOCC1. The van der Waals surface area contributed by atoms with E-state index >= 15 is 0 Å². The van der Waals surface area contributed by atoms with Gasteiger partial charge in [-0.3, -0.25) is 0 Å². The van der Waals surface area contributed by atoms with Crippen molar-refractivity contribution < 1.29 is 9.22 Å². The Labute approximate surface area is 67.8 Å². The summed E-state index contributed by atoms with van der Waals surface area (Å²) in [6, 6.07) is 2.18. The van der Waals surface area contributed by atoms with Gasteiger partial charge in [-0.15, -0.1) is 0 Å². The predicted molar refractivity (Wildman–Crippen MR) is 41.8 cm³/mol. The van der Waals surface area contributed by atoms with Crippen LogP contribution >= 0.6 is 0 Å². The molecule has 62 valence electrons. The molecular formula is C8H15N2O+. The first kappa shape index (κ1) is 8.51. The average molecular weight is 155 g/mol. The molecule has 0 aromatic rings. The van der Waals surface area contributed by atoms with Crippen LogP contribution in [-0.2, 0) is 4.74 Å². The molecule has 1 heterocycles. The van der Waals surface area contributed by atoms with E-state index in [2.05, 4.69) is 13.1 Å². The molecule has 0 aliphatic carbocycles. The Kier molecular flexibility index (Phi) is 2.86. The van der Waals surface area contributed by atoms with E-state index in [1.165, 1.54) is 0 Å². The molecule has 0 bridgehead atoms.